The van der Waals surface area contributed by atoms with Gasteiger partial charge >= 0.3 is 0 Å². The van der Waals surface area contributed by atoms with E-state index < -0.39 is 0 Å². The summed E-state index contributed by atoms with van der Waals surface area (Å²) in [5.41, 5.74) is 3.62. The number of aromatic hydroxyl groups is 2. The Hall–Kier alpha value is -2.20. The lowest BCUT2D eigenvalue weighted by atomic mass is 9.87. The maximum absolute atomic E-state index is 10.2. The predicted octanol–water partition coefficient (Wildman–Crippen LogP) is 3.02. The van der Waals surface area contributed by atoms with Gasteiger partial charge in [-0.3, -0.25) is 0 Å². The van der Waals surface area contributed by atoms with Crippen LogP contribution in [0.4, 0.5) is 0 Å². The number of quaternary nitrogens is 1. The Bertz CT molecular complexity index is 707. The molecule has 0 amide bonds. The molecule has 2 aromatic carbocycles. The molecule has 0 spiro atoms. The van der Waals surface area contributed by atoms with Crippen molar-refractivity contribution in [1.82, 2.24) is 0 Å². The highest BCUT2D eigenvalue weighted by Crippen LogP contribution is 2.41. The molecular formula is C19H24NO3+. The Morgan fingerprint density at radius 2 is 1.83 bits per heavy atom. The number of likely N-dealkylation sites (N-methyl/N-ethyl adjacent to an activating group) is 1. The van der Waals surface area contributed by atoms with E-state index in [1.807, 2.05) is 24.3 Å². The van der Waals surface area contributed by atoms with E-state index in [0.29, 0.717) is 5.75 Å². The second-order valence-electron chi connectivity index (χ2n) is 6.86. The normalized spacial score (nSPS) is 19.2. The molecule has 1 aliphatic rings. The number of hydrogen-bond acceptors (Lipinski definition) is 3. The van der Waals surface area contributed by atoms with Crippen LogP contribution in [0.5, 0.6) is 17.2 Å². The Kier molecular flexibility index (Phi) is 3.94. The summed E-state index contributed by atoms with van der Waals surface area (Å²) in [7, 11) is 6.04. The zero-order valence-corrected chi connectivity index (χ0v) is 13.9. The smallest absolute Gasteiger partial charge is 0.160 e. The monoisotopic (exact) mass is 314 g/mol. The fourth-order valence-electron chi connectivity index (χ4n) is 3.47. The van der Waals surface area contributed by atoms with Gasteiger partial charge in [0.2, 0.25) is 0 Å². The first kappa shape index (κ1) is 15.7. The lowest BCUT2D eigenvalue weighted by molar-refractivity contribution is -0.923. The number of phenolic OH excluding ortho intramolecular Hbond substituents is 2. The van der Waals surface area contributed by atoms with Crippen molar-refractivity contribution in [3.05, 3.63) is 53.1 Å². The van der Waals surface area contributed by atoms with Crippen molar-refractivity contribution in [3.63, 3.8) is 0 Å². The molecule has 1 heterocycles. The highest BCUT2D eigenvalue weighted by atomic mass is 16.5. The molecule has 23 heavy (non-hydrogen) atoms. The first-order chi connectivity index (χ1) is 10.9. The van der Waals surface area contributed by atoms with Gasteiger partial charge in [-0.2, -0.15) is 0 Å². The molecule has 0 fully saturated rings. The molecule has 1 atom stereocenters. The van der Waals surface area contributed by atoms with Crippen molar-refractivity contribution in [3.8, 4) is 17.2 Å². The maximum atomic E-state index is 10.2. The van der Waals surface area contributed by atoms with Gasteiger partial charge in [-0.1, -0.05) is 12.1 Å². The van der Waals surface area contributed by atoms with Gasteiger partial charge in [0, 0.05) is 18.4 Å². The average Bonchev–Trinajstić information content (AvgIpc) is 2.52. The number of ether oxygens (including phenoxy) is 1. The van der Waals surface area contributed by atoms with Crippen molar-refractivity contribution in [2.45, 2.75) is 18.9 Å². The molecule has 2 aromatic rings. The van der Waals surface area contributed by atoms with Crippen LogP contribution in [0.2, 0.25) is 0 Å². The Balaban J connectivity index is 2.01. The van der Waals surface area contributed by atoms with Gasteiger partial charge in [0.25, 0.3) is 0 Å². The standard InChI is InChI=1S/C19H23NO3/c1-20(2)9-8-14-11-19(23-3)18(22)12-16(14)17(20)10-13-4-6-15(21)7-5-13/h4-7,11-12,17H,8-10H2,1-3H3,(H-,21,22)/p+1/t17-/m0/s1. The number of benzene rings is 2. The molecule has 0 bridgehead atoms. The molecule has 0 saturated carbocycles. The van der Waals surface area contributed by atoms with E-state index in [1.165, 1.54) is 16.7 Å². The van der Waals surface area contributed by atoms with Gasteiger partial charge in [0.15, 0.2) is 11.5 Å². The topological polar surface area (TPSA) is 49.7 Å². The SMILES string of the molecule is COc1cc2c(cc1O)[C@H](Cc1ccc(O)cc1)[N+](C)(C)CC2. The third-order valence-electron chi connectivity index (χ3n) is 4.97. The largest absolute Gasteiger partial charge is 0.508 e. The van der Waals surface area contributed by atoms with Crippen LogP contribution in [0.15, 0.2) is 36.4 Å². The molecule has 1 aliphatic heterocycles. The summed E-state index contributed by atoms with van der Waals surface area (Å²) in [4.78, 5) is 0. The van der Waals surface area contributed by atoms with Crippen LogP contribution in [0.1, 0.15) is 22.7 Å². The number of phenols is 2. The van der Waals surface area contributed by atoms with Crippen LogP contribution in [0.25, 0.3) is 0 Å². The first-order valence-corrected chi connectivity index (χ1v) is 7.91. The van der Waals surface area contributed by atoms with E-state index >= 15 is 0 Å². The highest BCUT2D eigenvalue weighted by molar-refractivity contribution is 5.48. The quantitative estimate of drug-likeness (QED) is 0.856. The van der Waals surface area contributed by atoms with E-state index in [2.05, 4.69) is 14.1 Å². The number of rotatable bonds is 3. The fraction of sp³-hybridized carbons (Fsp3) is 0.368. The summed E-state index contributed by atoms with van der Waals surface area (Å²) in [5.74, 6) is 1.03. The van der Waals surface area contributed by atoms with Crippen LogP contribution in [0, 0.1) is 0 Å². The van der Waals surface area contributed by atoms with E-state index in [-0.39, 0.29) is 17.5 Å². The van der Waals surface area contributed by atoms with Gasteiger partial charge in [0.1, 0.15) is 11.8 Å². The van der Waals surface area contributed by atoms with Gasteiger partial charge in [-0.05, 0) is 35.4 Å². The maximum Gasteiger partial charge on any atom is 0.160 e. The lowest BCUT2D eigenvalue weighted by Gasteiger charge is -2.43. The van der Waals surface area contributed by atoms with Crippen molar-refractivity contribution < 1.29 is 19.4 Å². The van der Waals surface area contributed by atoms with Gasteiger partial charge in [0.05, 0.1) is 27.7 Å². The molecule has 3 rings (SSSR count). The van der Waals surface area contributed by atoms with Gasteiger partial charge < -0.3 is 19.4 Å². The van der Waals surface area contributed by atoms with Crippen LogP contribution in [0.3, 0.4) is 0 Å². The lowest BCUT2D eigenvalue weighted by Crippen LogP contribution is -2.48. The summed E-state index contributed by atoms with van der Waals surface area (Å²) in [6.07, 6.45) is 1.84. The van der Waals surface area contributed by atoms with Crippen LogP contribution in [-0.2, 0) is 12.8 Å². The number of nitrogens with zero attached hydrogens (tertiary/aromatic N) is 1. The molecule has 4 heteroatoms. The minimum atomic E-state index is 0.198. The summed E-state index contributed by atoms with van der Waals surface area (Å²) >= 11 is 0. The van der Waals surface area contributed by atoms with Crippen LogP contribution in [-0.4, -0.2) is 42.4 Å². The third-order valence-corrected chi connectivity index (χ3v) is 4.97. The minimum Gasteiger partial charge on any atom is -0.508 e. The second-order valence-corrected chi connectivity index (χ2v) is 6.86. The average molecular weight is 314 g/mol. The van der Waals surface area contributed by atoms with Gasteiger partial charge in [-0.25, -0.2) is 0 Å². The molecule has 0 aliphatic carbocycles. The zero-order valence-electron chi connectivity index (χ0n) is 13.9. The number of fused-ring (bicyclic) bond motifs is 1. The molecule has 2 N–H and O–H groups in total. The fourth-order valence-corrected chi connectivity index (χ4v) is 3.47. The summed E-state index contributed by atoms with van der Waals surface area (Å²) in [5, 5.41) is 19.7. The molecule has 0 saturated heterocycles. The van der Waals surface area contributed by atoms with Crippen LogP contribution >= 0.6 is 0 Å². The molecule has 122 valence electrons. The number of methoxy groups -OCH3 is 1. The Morgan fingerprint density at radius 3 is 2.48 bits per heavy atom. The van der Waals surface area contributed by atoms with E-state index in [9.17, 15) is 10.2 Å². The van der Waals surface area contributed by atoms with Gasteiger partial charge in [-0.15, -0.1) is 0 Å². The summed E-state index contributed by atoms with van der Waals surface area (Å²) in [6.45, 7) is 1.05. The molecule has 4 nitrogen and oxygen atoms in total. The van der Waals surface area contributed by atoms with E-state index in [0.717, 1.165) is 23.9 Å². The molecule has 0 radical (unpaired) electrons. The second kappa shape index (κ2) is 5.78. The minimum absolute atomic E-state index is 0.198. The summed E-state index contributed by atoms with van der Waals surface area (Å²) < 4.78 is 6.12. The van der Waals surface area contributed by atoms with Crippen molar-refractivity contribution in [2.75, 3.05) is 27.7 Å². The predicted molar refractivity (Wildman–Crippen MR) is 89.9 cm³/mol. The van der Waals surface area contributed by atoms with Crippen molar-refractivity contribution >= 4 is 0 Å². The Morgan fingerprint density at radius 1 is 1.13 bits per heavy atom. The highest BCUT2D eigenvalue weighted by Gasteiger charge is 2.36. The Labute approximate surface area is 137 Å². The summed E-state index contributed by atoms with van der Waals surface area (Å²) in [6, 6.07) is 11.5. The van der Waals surface area contributed by atoms with Crippen LogP contribution < -0.4 is 4.74 Å². The van der Waals surface area contributed by atoms with E-state index in [4.69, 9.17) is 4.74 Å². The van der Waals surface area contributed by atoms with E-state index in [1.54, 1.807) is 19.2 Å². The zero-order chi connectivity index (χ0) is 16.6. The van der Waals surface area contributed by atoms with Crippen molar-refractivity contribution in [2.24, 2.45) is 0 Å². The molecule has 0 unspecified atom stereocenters. The first-order valence-electron chi connectivity index (χ1n) is 7.91. The third kappa shape index (κ3) is 2.99. The number of hydrogen-bond donors (Lipinski definition) is 2. The molecule has 0 aromatic heterocycles. The molecular weight excluding hydrogens is 290 g/mol. The van der Waals surface area contributed by atoms with Crippen molar-refractivity contribution in [1.29, 1.82) is 0 Å².